The molecule has 0 aliphatic heterocycles. The quantitative estimate of drug-likeness (QED) is 0.0117. The molecule has 0 unspecified atom stereocenters. The second-order valence-electron chi connectivity index (χ2n) is 26.1. The molecule has 3 atom stereocenters. The minimum absolute atomic E-state index is 0.0170. The van der Waals surface area contributed by atoms with Gasteiger partial charge in [0.05, 0.1) is 0 Å². The first kappa shape index (κ1) is 106. The monoisotopic (exact) mass is 1570 g/mol. The van der Waals surface area contributed by atoms with E-state index < -0.39 is 78.2 Å². The molecule has 108 heavy (non-hydrogen) atoms. The van der Waals surface area contributed by atoms with Crippen molar-refractivity contribution >= 4 is 77.1 Å². The molecule has 0 fully saturated rings. The van der Waals surface area contributed by atoms with Gasteiger partial charge in [0.15, 0.2) is 17.9 Å². The first-order chi connectivity index (χ1) is 50.8. The topological polar surface area (TPSA) is 514 Å². The van der Waals surface area contributed by atoms with E-state index >= 15 is 0 Å². The number of hydrogen-bond acceptors (Lipinski definition) is 13. The van der Waals surface area contributed by atoms with E-state index in [1.807, 2.05) is 0 Å². The van der Waals surface area contributed by atoms with Crippen LogP contribution in [0, 0.1) is 0 Å². The van der Waals surface area contributed by atoms with Crippen molar-refractivity contribution in [3.8, 4) is 0 Å². The lowest BCUT2D eigenvalue weighted by Crippen LogP contribution is -2.56. The number of nitrogens with one attached hydrogen (secondary N) is 5. The van der Waals surface area contributed by atoms with Gasteiger partial charge in [-0.05, 0) is 64.2 Å². The van der Waals surface area contributed by atoms with Crippen LogP contribution in [0.3, 0.4) is 0 Å². The van der Waals surface area contributed by atoms with Gasteiger partial charge in [0.25, 0.3) is 0 Å². The van der Waals surface area contributed by atoms with Crippen molar-refractivity contribution in [3.63, 3.8) is 0 Å². The molecule has 29 nitrogen and oxygen atoms in total. The normalized spacial score (nSPS) is 11.9. The predicted octanol–water partition coefficient (Wildman–Crippen LogP) is 9.13. The highest BCUT2D eigenvalue weighted by molar-refractivity contribution is 5.94. The van der Waals surface area contributed by atoms with Crippen molar-refractivity contribution in [1.82, 2.24) is 31.5 Å². The maximum Gasteiger partial charge on any atom is 0.490 e. The van der Waals surface area contributed by atoms with Crippen LogP contribution in [0.15, 0.2) is 15.0 Å². The van der Waals surface area contributed by atoms with Gasteiger partial charge in [-0.25, -0.2) is 14.4 Å². The molecule has 0 rings (SSSR count). The maximum atomic E-state index is 14.0. The van der Waals surface area contributed by atoms with Crippen LogP contribution < -0.4 is 66.7 Å². The highest BCUT2D eigenvalue weighted by atomic mass is 19.4. The number of carbonyl (C=O) groups is 10. The van der Waals surface area contributed by atoms with Gasteiger partial charge in [-0.3, -0.25) is 48.5 Å². The van der Waals surface area contributed by atoms with Crippen LogP contribution in [-0.2, 0) is 47.9 Å². The second-order valence-corrected chi connectivity index (χ2v) is 26.1. The fourth-order valence-electron chi connectivity index (χ4n) is 10.4. The van der Waals surface area contributed by atoms with E-state index in [9.17, 15) is 73.1 Å². The van der Waals surface area contributed by atoms with Crippen molar-refractivity contribution in [2.24, 2.45) is 55.1 Å². The summed E-state index contributed by atoms with van der Waals surface area (Å²) in [4.78, 5) is 133. The smallest absolute Gasteiger partial charge is 0.475 e. The Hall–Kier alpha value is -8.12. The summed E-state index contributed by atoms with van der Waals surface area (Å²) in [6.07, 6.45) is 24.8. The number of alkyl halides is 9. The third kappa shape index (κ3) is 73.4. The number of hydrogen-bond donors (Lipinski definition) is 15. The number of halogens is 9. The first-order valence-corrected chi connectivity index (χ1v) is 37.9. The average Bonchev–Trinajstić information content (AvgIpc) is 0.872. The molecule has 630 valence electrons. The van der Waals surface area contributed by atoms with Crippen molar-refractivity contribution in [2.75, 3.05) is 45.8 Å². The zero-order valence-electron chi connectivity index (χ0n) is 63.5. The number of aliphatic imine (C=N–C) groups is 3. The van der Waals surface area contributed by atoms with Crippen LogP contribution in [0.25, 0.3) is 0 Å². The average molecular weight is 1570 g/mol. The summed E-state index contributed by atoms with van der Waals surface area (Å²) < 4.78 is 95.2. The summed E-state index contributed by atoms with van der Waals surface area (Å²) in [7, 11) is 0. The van der Waals surface area contributed by atoms with E-state index in [2.05, 4.69) is 55.4 Å². The lowest BCUT2D eigenvalue weighted by molar-refractivity contribution is -0.193. The Morgan fingerprint density at radius 2 is 0.583 bits per heavy atom. The molecule has 0 aromatic heterocycles. The highest BCUT2D eigenvalue weighted by Crippen LogP contribution is 2.19. The fraction of sp³-hybridized carbons (Fsp3) is 0.814. The molecule has 0 spiro atoms. The number of rotatable bonds is 61. The molecule has 0 saturated carbocycles. The minimum atomic E-state index is -5.08. The molecule has 22 N–H and O–H groups in total. The van der Waals surface area contributed by atoms with Crippen molar-refractivity contribution in [2.45, 2.75) is 320 Å². The number of nitrogens with two attached hydrogens (primary N) is 7. The number of guanidine groups is 3. The number of amides is 7. The summed E-state index contributed by atoms with van der Waals surface area (Å²) in [6.45, 7) is 6.36. The number of aliphatic carboxylic acids is 3. The van der Waals surface area contributed by atoms with Gasteiger partial charge in [0, 0.05) is 71.5 Å². The lowest BCUT2D eigenvalue weighted by Gasteiger charge is -2.25. The molecule has 38 heteroatoms. The molecule has 0 aliphatic carbocycles. The van der Waals surface area contributed by atoms with E-state index in [1.165, 1.54) is 154 Å². The van der Waals surface area contributed by atoms with Gasteiger partial charge in [0.1, 0.15) is 18.1 Å². The largest absolute Gasteiger partial charge is 0.490 e. The third-order valence-electron chi connectivity index (χ3n) is 16.3. The number of primary amides is 1. The van der Waals surface area contributed by atoms with Crippen LogP contribution in [0.4, 0.5) is 39.5 Å². The number of carboxylic acid groups (broad SMARTS) is 3. The fourth-order valence-corrected chi connectivity index (χ4v) is 10.4. The predicted molar refractivity (Wildman–Crippen MR) is 396 cm³/mol. The molecule has 0 aromatic carbocycles. The highest BCUT2D eigenvalue weighted by Gasteiger charge is 2.40. The van der Waals surface area contributed by atoms with Gasteiger partial charge in [-0.15, -0.1) is 0 Å². The molecule has 0 saturated heterocycles. The zero-order chi connectivity index (χ0) is 82.6. The van der Waals surface area contributed by atoms with E-state index in [1.54, 1.807) is 4.90 Å². The molecule has 0 aromatic rings. The maximum absolute atomic E-state index is 14.0. The van der Waals surface area contributed by atoms with E-state index in [-0.39, 0.29) is 100 Å². The van der Waals surface area contributed by atoms with Crippen molar-refractivity contribution in [3.05, 3.63) is 0 Å². The van der Waals surface area contributed by atoms with E-state index in [0.717, 1.165) is 38.5 Å². The summed E-state index contributed by atoms with van der Waals surface area (Å²) in [5.41, 5.74) is 38.5. The molecule has 0 heterocycles. The zero-order valence-corrected chi connectivity index (χ0v) is 63.5. The number of unbranched alkanes of at least 4 members (excludes halogenated alkanes) is 28. The van der Waals surface area contributed by atoms with Crippen LogP contribution in [0.5, 0.6) is 0 Å². The number of carbonyl (C=O) groups excluding carboxylic acids is 7. The molecule has 7 amide bonds. The number of carboxylic acids is 3. The summed E-state index contributed by atoms with van der Waals surface area (Å²) in [6, 6.07) is -3.51. The van der Waals surface area contributed by atoms with E-state index in [0.29, 0.717) is 58.3 Å². The Labute approximate surface area is 630 Å². The lowest BCUT2D eigenvalue weighted by atomic mass is 10.0. The van der Waals surface area contributed by atoms with Gasteiger partial charge in [-0.2, -0.15) is 39.5 Å². The van der Waals surface area contributed by atoms with Crippen LogP contribution in [0.1, 0.15) is 284 Å². The minimum Gasteiger partial charge on any atom is -0.475 e. The van der Waals surface area contributed by atoms with Crippen LogP contribution in [-0.4, -0.2) is 180 Å². The Kier molecular flexibility index (Phi) is 67.1. The van der Waals surface area contributed by atoms with Crippen LogP contribution in [0.2, 0.25) is 0 Å². The Balaban J connectivity index is -0.00000222. The summed E-state index contributed by atoms with van der Waals surface area (Å²) >= 11 is 0. The third-order valence-corrected chi connectivity index (χ3v) is 16.3. The number of nitrogens with zero attached hydrogens (tertiary/aromatic N) is 4. The Bertz CT molecular complexity index is 2430. The molecule has 0 bridgehead atoms. The standard InChI is InChI=1S/C64H126N16O7.3C2HF3O2/c1-3-5-7-9-11-13-15-17-19-21-23-25-27-29-31-41-55(81)72-48-36-50-80(51-37-49-73-56(82)42-32-30-28-26-24-22-20-18-16-14-12-10-8-6-4-2)58(84)44-43-57(83)77-53(39-34-46-75-63(68)69)60(86)79-54(40-35-47-76-64(70)71)61(87)78-52(59(65)85)38-33-45-74-62(66)67;3*3-2(4,5)1(6)7/h52-54H,3-51H2,1-2H3,(H2,65,85)(H,72,81)(H,73,82)(H,77,83)(H,78,87)(H,79,86)(H4,66,67,74)(H4,68,69,75)(H4,70,71,76);3*(H,6,7)/t52-,53-,54-;;;/m0.../s1. The molecular weight excluding hydrogens is 1440 g/mol. The molecule has 0 aliphatic rings. The van der Waals surface area contributed by atoms with Crippen molar-refractivity contribution < 1.29 is 103 Å². The SMILES string of the molecule is CCCCCCCCCCCCCCCCCC(=O)NCCCN(CCCNC(=O)CCCCCCCCCCCCCCCCC)C(=O)CCC(=O)N[C@@H](CCCN=C(N)N)C(=O)N[C@@H](CCCN=C(N)N)C(=O)N[C@@H](CCCN=C(N)N)C(N)=O.O=C(O)C(F)(F)F.O=C(O)C(F)(F)F.O=C(O)C(F)(F)F. The first-order valence-electron chi connectivity index (χ1n) is 37.9. The van der Waals surface area contributed by atoms with Gasteiger partial charge < -0.3 is 86.9 Å². The Morgan fingerprint density at radius 3 is 0.843 bits per heavy atom. The van der Waals surface area contributed by atoms with Crippen LogP contribution >= 0.6 is 0 Å². The summed E-state index contributed by atoms with van der Waals surface area (Å²) in [5.74, 6) is -11.9. The van der Waals surface area contributed by atoms with Gasteiger partial charge in [0.2, 0.25) is 41.4 Å². The van der Waals surface area contributed by atoms with Crippen molar-refractivity contribution in [1.29, 1.82) is 0 Å². The second kappa shape index (κ2) is 68.2. The summed E-state index contributed by atoms with van der Waals surface area (Å²) in [5, 5.41) is 35.4. The molecule has 0 radical (unpaired) electrons. The molecular formula is C70H129F9N16O13. The van der Waals surface area contributed by atoms with Gasteiger partial charge >= 0.3 is 36.4 Å². The van der Waals surface area contributed by atoms with Gasteiger partial charge in [-0.1, -0.05) is 194 Å². The van der Waals surface area contributed by atoms with E-state index in [4.69, 9.17) is 69.8 Å². The Morgan fingerprint density at radius 1 is 0.333 bits per heavy atom.